The second-order valence-corrected chi connectivity index (χ2v) is 10.2. The largest absolute Gasteiger partial charge is 0.393 e. The number of benzene rings is 1. The van der Waals surface area contributed by atoms with Gasteiger partial charge in [0.05, 0.1) is 18.8 Å². The number of rotatable bonds is 5. The van der Waals surface area contributed by atoms with Crippen LogP contribution >= 0.6 is 0 Å². The zero-order valence-corrected chi connectivity index (χ0v) is 18.8. The van der Waals surface area contributed by atoms with E-state index in [1.54, 1.807) is 0 Å². The van der Waals surface area contributed by atoms with Crippen LogP contribution in [-0.4, -0.2) is 42.7 Å². The van der Waals surface area contributed by atoms with Crippen molar-refractivity contribution in [3.63, 3.8) is 0 Å². The Labute approximate surface area is 187 Å². The zero-order chi connectivity index (χ0) is 23.1. The highest BCUT2D eigenvalue weighted by atomic mass is 19.1. The molecule has 6 nitrogen and oxygen atoms in total. The maximum absolute atomic E-state index is 13.4. The summed E-state index contributed by atoms with van der Waals surface area (Å²) in [4.78, 5) is 12.8. The van der Waals surface area contributed by atoms with E-state index in [0.717, 1.165) is 25.3 Å². The number of ether oxygens (including phenoxy) is 2. The van der Waals surface area contributed by atoms with Crippen LogP contribution in [0.4, 0.5) is 8.78 Å². The fourth-order valence-electron chi connectivity index (χ4n) is 6.60. The molecule has 2 saturated carbocycles. The summed E-state index contributed by atoms with van der Waals surface area (Å²) in [5.74, 6) is -1.55. The molecule has 3 aliphatic rings. The predicted octanol–water partition coefficient (Wildman–Crippen LogP) is 2.86. The Balaban J connectivity index is 1.46. The highest BCUT2D eigenvalue weighted by molar-refractivity contribution is 5.76. The molecule has 0 bridgehead atoms. The summed E-state index contributed by atoms with van der Waals surface area (Å²) in [7, 11) is 0. The van der Waals surface area contributed by atoms with Crippen LogP contribution in [0.5, 0.6) is 0 Å². The van der Waals surface area contributed by atoms with Crippen LogP contribution in [-0.2, 0) is 20.8 Å². The quantitative estimate of drug-likeness (QED) is 0.639. The summed E-state index contributed by atoms with van der Waals surface area (Å²) in [5, 5.41) is 13.6. The standard InChI is InChI=1S/C24H34F2N2O4/c1-23-6-5-20-24(2,13-31-22(11-27)32-20)19(23)4-3-18(29)17(23)10-21(30)28-12-14-7-15(25)9-16(26)8-14/h7-9,17-20,22,29H,3-6,10-13,27H2,1-2H3,(H,28,30)/t17-,18-,19+,20+,22-,23+,24+/m1/s1. The van der Waals surface area contributed by atoms with Crippen molar-refractivity contribution < 1.29 is 28.2 Å². The Kier molecular flexibility index (Phi) is 6.60. The van der Waals surface area contributed by atoms with Crippen molar-refractivity contribution in [2.75, 3.05) is 13.2 Å². The lowest BCUT2D eigenvalue weighted by molar-refractivity contribution is -0.305. The van der Waals surface area contributed by atoms with Crippen LogP contribution in [0.25, 0.3) is 0 Å². The number of nitrogens with two attached hydrogens (primary N) is 1. The molecule has 32 heavy (non-hydrogen) atoms. The molecular formula is C24H34F2N2O4. The maximum atomic E-state index is 13.4. The summed E-state index contributed by atoms with van der Waals surface area (Å²) < 4.78 is 38.9. The topological polar surface area (TPSA) is 93.8 Å². The molecular weight excluding hydrogens is 418 g/mol. The van der Waals surface area contributed by atoms with Crippen molar-refractivity contribution in [1.82, 2.24) is 5.32 Å². The number of aliphatic hydroxyl groups is 1. The van der Waals surface area contributed by atoms with Gasteiger partial charge in [-0.3, -0.25) is 4.79 Å². The molecule has 178 valence electrons. The Morgan fingerprint density at radius 3 is 2.59 bits per heavy atom. The predicted molar refractivity (Wildman–Crippen MR) is 114 cm³/mol. The Bertz CT molecular complexity index is 835. The van der Waals surface area contributed by atoms with Crippen molar-refractivity contribution in [3.8, 4) is 0 Å². The fraction of sp³-hybridized carbons (Fsp3) is 0.708. The molecule has 8 heteroatoms. The highest BCUT2D eigenvalue weighted by Crippen LogP contribution is 2.62. The number of aliphatic hydroxyl groups excluding tert-OH is 1. The van der Waals surface area contributed by atoms with Gasteiger partial charge in [0.2, 0.25) is 5.91 Å². The first kappa shape index (κ1) is 23.5. The first-order chi connectivity index (χ1) is 15.2. The molecule has 1 saturated heterocycles. The third-order valence-electron chi connectivity index (χ3n) is 8.24. The fourth-order valence-corrected chi connectivity index (χ4v) is 6.60. The number of hydrogen-bond donors (Lipinski definition) is 3. The smallest absolute Gasteiger partial charge is 0.220 e. The normalized spacial score (nSPS) is 39.1. The lowest BCUT2D eigenvalue weighted by Gasteiger charge is -2.62. The van der Waals surface area contributed by atoms with Crippen molar-refractivity contribution in [2.45, 2.75) is 71.0 Å². The SMILES string of the molecule is C[C@@]12CO[C@@H](CN)O[C@H]1CC[C@]1(C)[C@@H]2CC[C@@H](O)[C@H]1CC(=O)NCc1cc(F)cc(F)c1. The Morgan fingerprint density at radius 2 is 1.91 bits per heavy atom. The van der Waals surface area contributed by atoms with E-state index in [2.05, 4.69) is 19.2 Å². The molecule has 2 aliphatic carbocycles. The number of nitrogens with one attached hydrogen (secondary N) is 1. The van der Waals surface area contributed by atoms with Crippen LogP contribution in [0.1, 0.15) is 51.5 Å². The van der Waals surface area contributed by atoms with Crippen LogP contribution in [0.3, 0.4) is 0 Å². The summed E-state index contributed by atoms with van der Waals surface area (Å²) in [5.41, 5.74) is 5.66. The molecule has 3 fully saturated rings. The Morgan fingerprint density at radius 1 is 1.19 bits per heavy atom. The number of amides is 1. The minimum absolute atomic E-state index is 0.0401. The third-order valence-corrected chi connectivity index (χ3v) is 8.24. The van der Waals surface area contributed by atoms with Crippen LogP contribution in [0, 0.1) is 34.3 Å². The molecule has 0 unspecified atom stereocenters. The molecule has 1 heterocycles. The molecule has 0 radical (unpaired) electrons. The second kappa shape index (κ2) is 8.97. The van der Waals surface area contributed by atoms with E-state index < -0.39 is 17.7 Å². The van der Waals surface area contributed by atoms with Crippen molar-refractivity contribution in [1.29, 1.82) is 0 Å². The number of carbonyl (C=O) groups excluding carboxylic acids is 1. The van der Waals surface area contributed by atoms with Gasteiger partial charge in [-0.25, -0.2) is 8.78 Å². The van der Waals surface area contributed by atoms with Gasteiger partial charge in [0.25, 0.3) is 0 Å². The molecule has 0 spiro atoms. The van der Waals surface area contributed by atoms with E-state index in [9.17, 15) is 18.7 Å². The summed E-state index contributed by atoms with van der Waals surface area (Å²) in [6, 6.07) is 3.21. The first-order valence-electron chi connectivity index (χ1n) is 11.5. The lowest BCUT2D eigenvalue weighted by atomic mass is 9.46. The number of hydrogen-bond acceptors (Lipinski definition) is 5. The number of fused-ring (bicyclic) bond motifs is 3. The summed E-state index contributed by atoms with van der Waals surface area (Å²) in [6.45, 7) is 5.29. The van der Waals surface area contributed by atoms with Gasteiger partial charge in [-0.1, -0.05) is 13.8 Å². The lowest BCUT2D eigenvalue weighted by Crippen LogP contribution is -2.63. The molecule has 7 atom stereocenters. The summed E-state index contributed by atoms with van der Waals surface area (Å²) in [6.07, 6.45) is 2.42. The molecule has 1 aromatic rings. The molecule has 4 N–H and O–H groups in total. The average Bonchev–Trinajstić information content (AvgIpc) is 2.73. The monoisotopic (exact) mass is 452 g/mol. The molecule has 1 aliphatic heterocycles. The van der Waals surface area contributed by atoms with Crippen LogP contribution < -0.4 is 11.1 Å². The zero-order valence-electron chi connectivity index (χ0n) is 18.8. The number of halogens is 2. The summed E-state index contributed by atoms with van der Waals surface area (Å²) >= 11 is 0. The van der Waals surface area contributed by atoms with Gasteiger partial charge in [0.15, 0.2) is 6.29 Å². The second-order valence-electron chi connectivity index (χ2n) is 10.2. The van der Waals surface area contributed by atoms with E-state index in [1.165, 1.54) is 12.1 Å². The van der Waals surface area contributed by atoms with Gasteiger partial charge in [0, 0.05) is 31.0 Å². The van der Waals surface area contributed by atoms with Gasteiger partial charge in [-0.15, -0.1) is 0 Å². The Hall–Kier alpha value is -1.61. The maximum Gasteiger partial charge on any atom is 0.220 e. The van der Waals surface area contributed by atoms with E-state index in [1.807, 2.05) is 0 Å². The third kappa shape index (κ3) is 4.30. The van der Waals surface area contributed by atoms with E-state index in [4.69, 9.17) is 15.2 Å². The van der Waals surface area contributed by atoms with Crippen LogP contribution in [0.2, 0.25) is 0 Å². The van der Waals surface area contributed by atoms with Gasteiger partial charge < -0.3 is 25.6 Å². The molecule has 0 aromatic heterocycles. The molecule has 1 amide bonds. The van der Waals surface area contributed by atoms with Gasteiger partial charge in [-0.2, -0.15) is 0 Å². The van der Waals surface area contributed by atoms with E-state index in [-0.39, 0.29) is 53.9 Å². The highest BCUT2D eigenvalue weighted by Gasteiger charge is 2.61. The average molecular weight is 453 g/mol. The number of carbonyl (C=O) groups is 1. The van der Waals surface area contributed by atoms with Gasteiger partial charge in [-0.05, 0) is 60.6 Å². The molecule has 4 rings (SSSR count). The van der Waals surface area contributed by atoms with Gasteiger partial charge in [0.1, 0.15) is 11.6 Å². The van der Waals surface area contributed by atoms with Crippen LogP contribution in [0.15, 0.2) is 18.2 Å². The van der Waals surface area contributed by atoms with Crippen molar-refractivity contribution >= 4 is 5.91 Å². The van der Waals surface area contributed by atoms with E-state index >= 15 is 0 Å². The van der Waals surface area contributed by atoms with Gasteiger partial charge >= 0.3 is 0 Å². The van der Waals surface area contributed by atoms with Crippen molar-refractivity contribution in [3.05, 3.63) is 35.4 Å². The minimum atomic E-state index is -0.675. The first-order valence-corrected chi connectivity index (χ1v) is 11.5. The minimum Gasteiger partial charge on any atom is -0.393 e. The molecule has 1 aromatic carbocycles. The van der Waals surface area contributed by atoms with Crippen molar-refractivity contribution in [2.24, 2.45) is 28.4 Å². The van der Waals surface area contributed by atoms with E-state index in [0.29, 0.717) is 25.1 Å².